The van der Waals surface area contributed by atoms with E-state index in [1.807, 2.05) is 0 Å². The number of hydrogen-bond donors (Lipinski definition) is 0. The second-order valence-corrected chi connectivity index (χ2v) is 14.6. The van der Waals surface area contributed by atoms with Crippen LogP contribution in [-0.2, 0) is 22.8 Å². The second-order valence-electron chi connectivity index (χ2n) is 11.6. The summed E-state index contributed by atoms with van der Waals surface area (Å²) in [6.45, 7) is 22.3. The molecule has 160 valence electrons. The van der Waals surface area contributed by atoms with Gasteiger partial charge in [-0.25, -0.2) is 0 Å². The second kappa shape index (κ2) is 8.74. The normalized spacial score (nSPS) is 13.2. The van der Waals surface area contributed by atoms with Crippen LogP contribution in [0.25, 0.3) is 0 Å². The van der Waals surface area contributed by atoms with Gasteiger partial charge >= 0.3 is 191 Å². The molecule has 0 saturated heterocycles. The van der Waals surface area contributed by atoms with Crippen LogP contribution < -0.4 is 7.22 Å². The molecule has 2 aromatic carbocycles. The summed E-state index contributed by atoms with van der Waals surface area (Å²) in [5.41, 5.74) is 6.48. The molecule has 0 aliphatic rings. The molecule has 0 saturated carbocycles. The van der Waals surface area contributed by atoms with Crippen molar-refractivity contribution in [2.75, 3.05) is 14.1 Å². The third kappa shape index (κ3) is 6.33. The molecule has 0 aromatic heterocycles. The van der Waals surface area contributed by atoms with E-state index < -0.39 is 20.9 Å². The number of benzene rings is 2. The van der Waals surface area contributed by atoms with E-state index in [1.54, 1.807) is 18.3 Å². The van der Waals surface area contributed by atoms with Crippen LogP contribution in [0.1, 0.15) is 84.6 Å². The van der Waals surface area contributed by atoms with Gasteiger partial charge in [-0.1, -0.05) is 0 Å². The minimum atomic E-state index is -0.507. The van der Waals surface area contributed by atoms with E-state index in [0.29, 0.717) is 0 Å². The standard InChI is InChI=1S/C27H41NTe/c1-25(2,3)20-16-21(26(4,5)6)24(22(17-20)27(7,8)9)29-23-15-13-12-14-19(23)18-28(10)11/h12-17H,18H2,1-11H3. The van der Waals surface area contributed by atoms with Crippen LogP contribution in [0.5, 0.6) is 0 Å². The predicted octanol–water partition coefficient (Wildman–Crippen LogP) is 5.30. The van der Waals surface area contributed by atoms with Crippen molar-refractivity contribution in [3.05, 3.63) is 58.7 Å². The zero-order chi connectivity index (χ0) is 22.2. The number of nitrogens with zero attached hydrogens (tertiary/aromatic N) is 1. The Bertz CT molecular complexity index is 807. The number of hydrogen-bond acceptors (Lipinski definition) is 1. The van der Waals surface area contributed by atoms with Gasteiger partial charge in [0, 0.05) is 0 Å². The van der Waals surface area contributed by atoms with Crippen LogP contribution in [0.4, 0.5) is 0 Å². The summed E-state index contributed by atoms with van der Waals surface area (Å²) in [4.78, 5) is 2.28. The Morgan fingerprint density at radius 1 is 0.724 bits per heavy atom. The molecule has 0 aliphatic carbocycles. The summed E-state index contributed by atoms with van der Waals surface area (Å²) >= 11 is -0.507. The van der Waals surface area contributed by atoms with Crippen molar-refractivity contribution in [2.24, 2.45) is 0 Å². The molecule has 2 heteroatoms. The first-order valence-corrected chi connectivity index (χ1v) is 13.0. The van der Waals surface area contributed by atoms with E-state index in [2.05, 4.69) is 118 Å². The molecular weight excluding hydrogens is 466 g/mol. The Morgan fingerprint density at radius 2 is 1.21 bits per heavy atom. The van der Waals surface area contributed by atoms with E-state index in [-0.39, 0.29) is 16.2 Å². The molecule has 0 spiro atoms. The van der Waals surface area contributed by atoms with Crippen LogP contribution in [0, 0.1) is 0 Å². The Morgan fingerprint density at radius 3 is 1.62 bits per heavy atom. The molecule has 0 heterocycles. The van der Waals surface area contributed by atoms with Gasteiger partial charge in [0.25, 0.3) is 0 Å². The molecule has 2 rings (SSSR count). The maximum atomic E-state index is 2.52. The SMILES string of the molecule is CN(C)Cc1ccccc1[Te]c1c(C(C)(C)C)cc(C(C)(C)C)cc1C(C)(C)C. The quantitative estimate of drug-likeness (QED) is 0.509. The predicted molar refractivity (Wildman–Crippen MR) is 131 cm³/mol. The Balaban J connectivity index is 2.77. The topological polar surface area (TPSA) is 3.24 Å². The maximum absolute atomic E-state index is 2.52. The molecule has 0 atom stereocenters. The summed E-state index contributed by atoms with van der Waals surface area (Å²) in [7, 11) is 4.33. The van der Waals surface area contributed by atoms with Crippen molar-refractivity contribution >= 4 is 28.1 Å². The summed E-state index contributed by atoms with van der Waals surface area (Å²) in [5.74, 6) is 0. The molecule has 0 amide bonds. The Labute approximate surface area is 190 Å². The van der Waals surface area contributed by atoms with Crippen molar-refractivity contribution < 1.29 is 0 Å². The first kappa shape index (κ1) is 24.5. The molecule has 29 heavy (non-hydrogen) atoms. The summed E-state index contributed by atoms with van der Waals surface area (Å²) in [6, 6.07) is 14.1. The monoisotopic (exact) mass is 509 g/mol. The molecular formula is C27H41NTe. The van der Waals surface area contributed by atoms with Crippen LogP contribution in [0.2, 0.25) is 0 Å². The average Bonchev–Trinajstić information content (AvgIpc) is 2.53. The minimum absolute atomic E-state index is 0.137. The van der Waals surface area contributed by atoms with Crippen LogP contribution in [0.3, 0.4) is 0 Å². The molecule has 0 bridgehead atoms. The van der Waals surface area contributed by atoms with Gasteiger partial charge in [0.2, 0.25) is 0 Å². The van der Waals surface area contributed by atoms with Crippen molar-refractivity contribution in [1.29, 1.82) is 0 Å². The van der Waals surface area contributed by atoms with Gasteiger partial charge in [-0.2, -0.15) is 0 Å². The Hall–Kier alpha value is -0.810. The van der Waals surface area contributed by atoms with Gasteiger partial charge in [-0.3, -0.25) is 0 Å². The van der Waals surface area contributed by atoms with E-state index in [0.717, 1.165) is 6.54 Å². The van der Waals surface area contributed by atoms with Gasteiger partial charge < -0.3 is 0 Å². The van der Waals surface area contributed by atoms with Crippen LogP contribution in [-0.4, -0.2) is 39.9 Å². The van der Waals surface area contributed by atoms with Gasteiger partial charge in [0.15, 0.2) is 0 Å². The van der Waals surface area contributed by atoms with E-state index in [1.165, 1.54) is 11.1 Å². The van der Waals surface area contributed by atoms with Gasteiger partial charge in [-0.15, -0.1) is 0 Å². The van der Waals surface area contributed by atoms with Crippen molar-refractivity contribution in [1.82, 2.24) is 4.90 Å². The molecule has 0 N–H and O–H groups in total. The molecule has 0 unspecified atom stereocenters. The third-order valence-corrected chi connectivity index (χ3v) is 8.84. The van der Waals surface area contributed by atoms with Crippen molar-refractivity contribution in [2.45, 2.75) is 85.1 Å². The number of rotatable bonds is 4. The van der Waals surface area contributed by atoms with Gasteiger partial charge in [-0.05, 0) is 0 Å². The first-order valence-electron chi connectivity index (χ1n) is 10.7. The first-order chi connectivity index (χ1) is 13.1. The summed E-state index contributed by atoms with van der Waals surface area (Å²) < 4.78 is 3.22. The van der Waals surface area contributed by atoms with Crippen molar-refractivity contribution in [3.63, 3.8) is 0 Å². The third-order valence-electron chi connectivity index (χ3n) is 5.24. The molecule has 0 radical (unpaired) electrons. The van der Waals surface area contributed by atoms with Crippen LogP contribution in [0.15, 0.2) is 36.4 Å². The fourth-order valence-corrected chi connectivity index (χ4v) is 7.98. The summed E-state index contributed by atoms with van der Waals surface area (Å²) in [6.07, 6.45) is 0. The van der Waals surface area contributed by atoms with E-state index in [9.17, 15) is 0 Å². The van der Waals surface area contributed by atoms with E-state index in [4.69, 9.17) is 0 Å². The van der Waals surface area contributed by atoms with Gasteiger partial charge in [0.05, 0.1) is 0 Å². The Kier molecular flexibility index (Phi) is 7.37. The molecule has 2 aromatic rings. The van der Waals surface area contributed by atoms with Gasteiger partial charge in [0.1, 0.15) is 0 Å². The van der Waals surface area contributed by atoms with Crippen LogP contribution >= 0.6 is 0 Å². The summed E-state index contributed by atoms with van der Waals surface area (Å²) in [5, 5.41) is 0. The zero-order valence-corrected chi connectivity index (χ0v) is 22.9. The molecule has 1 nitrogen and oxygen atoms in total. The average molecular weight is 507 g/mol. The van der Waals surface area contributed by atoms with E-state index >= 15 is 0 Å². The van der Waals surface area contributed by atoms with Crippen molar-refractivity contribution in [3.8, 4) is 0 Å². The molecule has 0 aliphatic heterocycles. The fraction of sp³-hybridized carbons (Fsp3) is 0.556. The fourth-order valence-electron chi connectivity index (χ4n) is 3.47. The molecule has 0 fully saturated rings. The zero-order valence-electron chi connectivity index (χ0n) is 20.5.